The van der Waals surface area contributed by atoms with Crippen LogP contribution < -0.4 is 5.32 Å². The topological polar surface area (TPSA) is 34.1 Å². The molecule has 20 heavy (non-hydrogen) atoms. The molecule has 0 aliphatic heterocycles. The van der Waals surface area contributed by atoms with Crippen LogP contribution in [0.2, 0.25) is 0 Å². The van der Waals surface area contributed by atoms with E-state index in [0.29, 0.717) is 5.92 Å². The fourth-order valence-electron chi connectivity index (χ4n) is 2.23. The molecule has 1 rings (SSSR count). The van der Waals surface area contributed by atoms with E-state index in [9.17, 15) is 0 Å². The second kappa shape index (κ2) is 7.53. The van der Waals surface area contributed by atoms with Crippen molar-refractivity contribution < 1.29 is 4.74 Å². The molecule has 0 amide bonds. The Morgan fingerprint density at radius 2 is 1.95 bits per heavy atom. The summed E-state index contributed by atoms with van der Waals surface area (Å²) >= 11 is 1.80. The van der Waals surface area contributed by atoms with Gasteiger partial charge in [-0.05, 0) is 18.9 Å². The lowest BCUT2D eigenvalue weighted by Crippen LogP contribution is -2.19. The smallest absolute Gasteiger partial charge is 0.122 e. The van der Waals surface area contributed by atoms with Gasteiger partial charge >= 0.3 is 0 Å². The van der Waals surface area contributed by atoms with Gasteiger partial charge in [-0.15, -0.1) is 11.3 Å². The van der Waals surface area contributed by atoms with E-state index in [2.05, 4.69) is 46.9 Å². The quantitative estimate of drug-likeness (QED) is 0.763. The second-order valence-electron chi connectivity index (χ2n) is 6.65. The van der Waals surface area contributed by atoms with Crippen LogP contribution >= 0.6 is 11.3 Å². The summed E-state index contributed by atoms with van der Waals surface area (Å²) < 4.78 is 5.63. The van der Waals surface area contributed by atoms with Crippen LogP contribution in [0.5, 0.6) is 0 Å². The highest BCUT2D eigenvalue weighted by Gasteiger charge is 2.27. The molecule has 4 heteroatoms. The maximum atomic E-state index is 5.63. The second-order valence-corrected chi connectivity index (χ2v) is 7.77. The molecular weight excluding hydrogens is 268 g/mol. The van der Waals surface area contributed by atoms with Gasteiger partial charge in [-0.25, -0.2) is 4.98 Å². The SMILES string of the molecule is CCCNCc1sc(C(OC)C(C)C)nc1C(C)(C)C. The molecule has 1 aromatic rings. The van der Waals surface area contributed by atoms with Gasteiger partial charge in [0.05, 0.1) is 5.69 Å². The minimum atomic E-state index is 0.0766. The highest BCUT2D eigenvalue weighted by atomic mass is 32.1. The summed E-state index contributed by atoms with van der Waals surface area (Å²) in [5.74, 6) is 0.440. The first-order chi connectivity index (χ1) is 9.31. The van der Waals surface area contributed by atoms with Crippen molar-refractivity contribution in [3.63, 3.8) is 0 Å². The summed E-state index contributed by atoms with van der Waals surface area (Å²) in [5, 5.41) is 4.60. The first-order valence-electron chi connectivity index (χ1n) is 7.54. The molecule has 0 aliphatic carbocycles. The van der Waals surface area contributed by atoms with Crippen LogP contribution in [0.1, 0.15) is 69.6 Å². The van der Waals surface area contributed by atoms with Crippen LogP contribution in [0.4, 0.5) is 0 Å². The predicted molar refractivity (Wildman–Crippen MR) is 87.4 cm³/mol. The van der Waals surface area contributed by atoms with E-state index >= 15 is 0 Å². The lowest BCUT2D eigenvalue weighted by molar-refractivity contribution is 0.0642. The first-order valence-corrected chi connectivity index (χ1v) is 8.36. The standard InChI is InChI=1S/C16H30N2OS/c1-8-9-17-10-12-14(16(4,5)6)18-15(20-12)13(19-7)11(2)3/h11,13,17H,8-10H2,1-7H3. The van der Waals surface area contributed by atoms with Crippen LogP contribution in [-0.2, 0) is 16.7 Å². The third kappa shape index (κ3) is 4.54. The number of aromatic nitrogens is 1. The average Bonchev–Trinajstić information content (AvgIpc) is 2.73. The fraction of sp³-hybridized carbons (Fsp3) is 0.812. The Bertz CT molecular complexity index is 407. The van der Waals surface area contributed by atoms with Gasteiger partial charge in [0.25, 0.3) is 0 Å². The van der Waals surface area contributed by atoms with Gasteiger partial charge in [0, 0.05) is 23.9 Å². The highest BCUT2D eigenvalue weighted by Crippen LogP contribution is 2.35. The van der Waals surface area contributed by atoms with Gasteiger partial charge in [-0.3, -0.25) is 0 Å². The van der Waals surface area contributed by atoms with Crippen molar-refractivity contribution in [2.45, 2.75) is 66.0 Å². The van der Waals surface area contributed by atoms with Crippen molar-refractivity contribution in [1.29, 1.82) is 0 Å². The average molecular weight is 298 g/mol. The van der Waals surface area contributed by atoms with Crippen LogP contribution in [0.25, 0.3) is 0 Å². The van der Waals surface area contributed by atoms with E-state index in [1.165, 1.54) is 10.6 Å². The van der Waals surface area contributed by atoms with Crippen LogP contribution in [0.15, 0.2) is 0 Å². The molecule has 116 valence electrons. The summed E-state index contributed by atoms with van der Waals surface area (Å²) in [7, 11) is 1.78. The van der Waals surface area contributed by atoms with E-state index in [1.54, 1.807) is 18.4 Å². The Hall–Kier alpha value is -0.450. The zero-order chi connectivity index (χ0) is 15.3. The van der Waals surface area contributed by atoms with E-state index < -0.39 is 0 Å². The van der Waals surface area contributed by atoms with Crippen LogP contribution in [0, 0.1) is 5.92 Å². The third-order valence-electron chi connectivity index (χ3n) is 3.24. The molecule has 1 heterocycles. The minimum Gasteiger partial charge on any atom is -0.374 e. The molecule has 0 radical (unpaired) electrons. The molecule has 0 saturated carbocycles. The van der Waals surface area contributed by atoms with Crippen LogP contribution in [-0.4, -0.2) is 18.6 Å². The van der Waals surface area contributed by atoms with Crippen molar-refractivity contribution in [2.75, 3.05) is 13.7 Å². The molecular formula is C16H30N2OS. The predicted octanol–water partition coefficient (Wildman–Crippen LogP) is 4.28. The molecule has 0 fully saturated rings. The highest BCUT2D eigenvalue weighted by molar-refractivity contribution is 7.11. The zero-order valence-electron chi connectivity index (χ0n) is 14.0. The maximum Gasteiger partial charge on any atom is 0.122 e. The molecule has 1 N–H and O–H groups in total. The van der Waals surface area contributed by atoms with E-state index in [-0.39, 0.29) is 11.5 Å². The number of rotatable bonds is 7. The number of thiazole rings is 1. The lowest BCUT2D eigenvalue weighted by atomic mass is 9.91. The normalized spacial score (nSPS) is 14.0. The summed E-state index contributed by atoms with van der Waals surface area (Å²) in [6.07, 6.45) is 1.25. The summed E-state index contributed by atoms with van der Waals surface area (Å²) in [6.45, 7) is 15.2. The molecule has 1 unspecified atom stereocenters. The Balaban J connectivity index is 3.05. The Kier molecular flexibility index (Phi) is 6.62. The number of nitrogens with zero attached hydrogens (tertiary/aromatic N) is 1. The Morgan fingerprint density at radius 1 is 1.30 bits per heavy atom. The van der Waals surface area contributed by atoms with Gasteiger partial charge < -0.3 is 10.1 Å². The van der Waals surface area contributed by atoms with Crippen LogP contribution in [0.3, 0.4) is 0 Å². The molecule has 0 spiro atoms. The lowest BCUT2D eigenvalue weighted by Gasteiger charge is -2.18. The van der Waals surface area contributed by atoms with Crippen molar-refractivity contribution in [3.05, 3.63) is 15.6 Å². The molecule has 1 atom stereocenters. The summed E-state index contributed by atoms with van der Waals surface area (Å²) in [6, 6.07) is 0. The van der Waals surface area contributed by atoms with Crippen molar-refractivity contribution >= 4 is 11.3 Å². The zero-order valence-corrected chi connectivity index (χ0v) is 14.9. The van der Waals surface area contributed by atoms with Gasteiger partial charge in [-0.2, -0.15) is 0 Å². The van der Waals surface area contributed by atoms with Crippen molar-refractivity contribution in [1.82, 2.24) is 10.3 Å². The molecule has 0 aromatic carbocycles. The monoisotopic (exact) mass is 298 g/mol. The summed E-state index contributed by atoms with van der Waals surface area (Å²) in [5.41, 5.74) is 1.29. The largest absolute Gasteiger partial charge is 0.374 e. The molecule has 0 aliphatic rings. The number of hydrogen-bond donors (Lipinski definition) is 1. The number of methoxy groups -OCH3 is 1. The van der Waals surface area contributed by atoms with E-state index in [0.717, 1.165) is 24.5 Å². The molecule has 0 saturated heterocycles. The molecule has 3 nitrogen and oxygen atoms in total. The van der Waals surface area contributed by atoms with Crippen molar-refractivity contribution in [2.24, 2.45) is 5.92 Å². The number of nitrogens with one attached hydrogen (secondary N) is 1. The van der Waals surface area contributed by atoms with E-state index in [1.807, 2.05) is 0 Å². The van der Waals surface area contributed by atoms with Gasteiger partial charge in [-0.1, -0.05) is 41.5 Å². The van der Waals surface area contributed by atoms with Gasteiger partial charge in [0.15, 0.2) is 0 Å². The molecule has 0 bridgehead atoms. The van der Waals surface area contributed by atoms with E-state index in [4.69, 9.17) is 9.72 Å². The number of hydrogen-bond acceptors (Lipinski definition) is 4. The number of ether oxygens (including phenoxy) is 1. The third-order valence-corrected chi connectivity index (χ3v) is 4.36. The fourth-order valence-corrected chi connectivity index (χ4v) is 3.73. The molecule has 1 aromatic heterocycles. The summed E-state index contributed by atoms with van der Waals surface area (Å²) in [4.78, 5) is 6.26. The van der Waals surface area contributed by atoms with Crippen molar-refractivity contribution in [3.8, 4) is 0 Å². The van der Waals surface area contributed by atoms with Gasteiger partial charge in [0.1, 0.15) is 11.1 Å². The Morgan fingerprint density at radius 3 is 2.40 bits per heavy atom. The maximum absolute atomic E-state index is 5.63. The first kappa shape index (κ1) is 17.6. The van der Waals surface area contributed by atoms with Gasteiger partial charge in [0.2, 0.25) is 0 Å². The Labute approximate surface area is 128 Å². The minimum absolute atomic E-state index is 0.0766.